The summed E-state index contributed by atoms with van der Waals surface area (Å²) in [4.78, 5) is 14.0. The summed E-state index contributed by atoms with van der Waals surface area (Å²) in [7, 11) is 0. The Morgan fingerprint density at radius 3 is 2.95 bits per heavy atom. The molecule has 0 bridgehead atoms. The van der Waals surface area contributed by atoms with E-state index in [9.17, 15) is 13.6 Å². The van der Waals surface area contributed by atoms with Crippen LogP contribution in [0.3, 0.4) is 0 Å². The van der Waals surface area contributed by atoms with Gasteiger partial charge in [0.25, 0.3) is 5.91 Å². The highest BCUT2D eigenvalue weighted by molar-refractivity contribution is 7.12. The Bertz CT molecular complexity index is 431. The minimum absolute atomic E-state index is 0. The van der Waals surface area contributed by atoms with Crippen molar-refractivity contribution in [2.24, 2.45) is 5.73 Å². The number of hydrogen-bond acceptors (Lipinski definition) is 4. The average Bonchev–Trinajstić information content (AvgIpc) is 2.75. The zero-order valence-electron chi connectivity index (χ0n) is 10.1. The van der Waals surface area contributed by atoms with Crippen LogP contribution in [0.25, 0.3) is 0 Å². The van der Waals surface area contributed by atoms with E-state index < -0.39 is 6.61 Å². The molecular formula is C11H15ClF2N2O2S. The molecular weight excluding hydrogens is 298 g/mol. The molecule has 2 rings (SSSR count). The summed E-state index contributed by atoms with van der Waals surface area (Å²) in [5.41, 5.74) is 5.79. The van der Waals surface area contributed by atoms with E-state index in [0.29, 0.717) is 13.1 Å². The Hall–Kier alpha value is -0.920. The van der Waals surface area contributed by atoms with Gasteiger partial charge in [0.15, 0.2) is 0 Å². The summed E-state index contributed by atoms with van der Waals surface area (Å²) < 4.78 is 28.7. The molecule has 8 heteroatoms. The number of nitrogens with zero attached hydrogens (tertiary/aromatic N) is 1. The molecule has 108 valence electrons. The van der Waals surface area contributed by atoms with E-state index in [0.717, 1.165) is 24.2 Å². The van der Waals surface area contributed by atoms with E-state index in [2.05, 4.69) is 4.74 Å². The van der Waals surface area contributed by atoms with E-state index in [4.69, 9.17) is 5.73 Å². The quantitative estimate of drug-likeness (QED) is 0.932. The predicted octanol–water partition coefficient (Wildman–Crippen LogP) is 2.33. The number of nitrogens with two attached hydrogens (primary N) is 1. The van der Waals surface area contributed by atoms with Gasteiger partial charge in [0.05, 0.1) is 0 Å². The molecule has 1 atom stereocenters. The number of likely N-dealkylation sites (tertiary alicyclic amines) is 1. The van der Waals surface area contributed by atoms with Crippen LogP contribution >= 0.6 is 23.7 Å². The Morgan fingerprint density at radius 2 is 2.32 bits per heavy atom. The smallest absolute Gasteiger partial charge is 0.387 e. The van der Waals surface area contributed by atoms with Crippen molar-refractivity contribution in [1.82, 2.24) is 4.90 Å². The number of thiophene rings is 1. The topological polar surface area (TPSA) is 55.6 Å². The number of halogens is 3. The van der Waals surface area contributed by atoms with Crippen molar-refractivity contribution in [3.8, 4) is 5.75 Å². The molecule has 0 radical (unpaired) electrons. The summed E-state index contributed by atoms with van der Waals surface area (Å²) in [6, 6.07) is 1.34. The van der Waals surface area contributed by atoms with E-state index in [1.807, 2.05) is 0 Å². The maximum Gasteiger partial charge on any atom is 0.387 e. The number of piperidine rings is 1. The number of rotatable bonds is 3. The fourth-order valence-corrected chi connectivity index (χ4v) is 2.77. The maximum absolute atomic E-state index is 12.2. The second-order valence-electron chi connectivity index (χ2n) is 4.15. The van der Waals surface area contributed by atoms with Crippen molar-refractivity contribution in [3.63, 3.8) is 0 Å². The first-order valence-electron chi connectivity index (χ1n) is 5.65. The van der Waals surface area contributed by atoms with Gasteiger partial charge in [-0.2, -0.15) is 8.78 Å². The molecule has 1 fully saturated rings. The summed E-state index contributed by atoms with van der Waals surface area (Å²) in [5.74, 6) is -0.338. The van der Waals surface area contributed by atoms with Crippen LogP contribution in [0.4, 0.5) is 8.78 Å². The highest BCUT2D eigenvalue weighted by atomic mass is 35.5. The number of ether oxygens (including phenoxy) is 1. The predicted molar refractivity (Wildman–Crippen MR) is 71.3 cm³/mol. The van der Waals surface area contributed by atoms with E-state index >= 15 is 0 Å². The molecule has 1 aromatic heterocycles. The molecule has 2 heterocycles. The number of hydrogen-bond donors (Lipinski definition) is 1. The van der Waals surface area contributed by atoms with Crippen LogP contribution < -0.4 is 10.5 Å². The van der Waals surface area contributed by atoms with Crippen LogP contribution in [0.1, 0.15) is 22.5 Å². The second kappa shape index (κ2) is 7.02. The lowest BCUT2D eigenvalue weighted by Gasteiger charge is -2.30. The van der Waals surface area contributed by atoms with Gasteiger partial charge in [-0.3, -0.25) is 4.79 Å². The largest absolute Gasteiger partial charge is 0.433 e. The molecule has 1 unspecified atom stereocenters. The van der Waals surface area contributed by atoms with Gasteiger partial charge in [-0.05, 0) is 24.3 Å². The SMILES string of the molecule is Cl.NC1CCCN(C(=O)c2sccc2OC(F)F)C1. The van der Waals surface area contributed by atoms with Crippen LogP contribution in [-0.4, -0.2) is 36.5 Å². The minimum atomic E-state index is -2.92. The van der Waals surface area contributed by atoms with Crippen molar-refractivity contribution in [2.75, 3.05) is 13.1 Å². The van der Waals surface area contributed by atoms with E-state index in [1.54, 1.807) is 10.3 Å². The van der Waals surface area contributed by atoms with Crippen LogP contribution in [0, 0.1) is 0 Å². The molecule has 4 nitrogen and oxygen atoms in total. The van der Waals surface area contributed by atoms with Gasteiger partial charge in [0.2, 0.25) is 0 Å². The third-order valence-corrected chi connectivity index (χ3v) is 3.67. The summed E-state index contributed by atoms with van der Waals surface area (Å²) in [6.07, 6.45) is 1.72. The Morgan fingerprint density at radius 1 is 1.58 bits per heavy atom. The van der Waals surface area contributed by atoms with E-state index in [-0.39, 0.29) is 35.0 Å². The molecule has 1 aromatic rings. The Kier molecular flexibility index (Phi) is 5.96. The standard InChI is InChI=1S/C11H14F2N2O2S.ClH/c12-11(13)17-8-3-5-18-9(8)10(16)15-4-1-2-7(14)6-15;/h3,5,7,11H,1-2,4,6,14H2;1H. The zero-order valence-corrected chi connectivity index (χ0v) is 11.7. The molecule has 1 aliphatic heterocycles. The molecule has 0 aromatic carbocycles. The number of carbonyl (C=O) groups is 1. The van der Waals surface area contributed by atoms with Crippen LogP contribution in [0.5, 0.6) is 5.75 Å². The van der Waals surface area contributed by atoms with Crippen molar-refractivity contribution in [3.05, 3.63) is 16.3 Å². The fourth-order valence-electron chi connectivity index (χ4n) is 1.98. The minimum Gasteiger partial charge on any atom is -0.433 e. The first kappa shape index (κ1) is 16.1. The van der Waals surface area contributed by atoms with Gasteiger partial charge in [0, 0.05) is 19.1 Å². The lowest BCUT2D eigenvalue weighted by molar-refractivity contribution is -0.0499. The van der Waals surface area contributed by atoms with Crippen molar-refractivity contribution < 1.29 is 18.3 Å². The summed E-state index contributed by atoms with van der Waals surface area (Å²) in [5, 5.41) is 1.56. The first-order chi connectivity index (χ1) is 8.58. The van der Waals surface area contributed by atoms with Crippen molar-refractivity contribution >= 4 is 29.7 Å². The van der Waals surface area contributed by atoms with Gasteiger partial charge in [-0.15, -0.1) is 23.7 Å². The summed E-state index contributed by atoms with van der Waals surface area (Å²) >= 11 is 1.10. The third kappa shape index (κ3) is 4.02. The van der Waals surface area contributed by atoms with Crippen LogP contribution in [0.2, 0.25) is 0 Å². The van der Waals surface area contributed by atoms with Crippen LogP contribution in [0.15, 0.2) is 11.4 Å². The van der Waals surface area contributed by atoms with Gasteiger partial charge in [0.1, 0.15) is 10.6 Å². The Labute approximate surface area is 119 Å². The third-order valence-electron chi connectivity index (χ3n) is 2.78. The molecule has 19 heavy (non-hydrogen) atoms. The zero-order chi connectivity index (χ0) is 13.1. The monoisotopic (exact) mass is 312 g/mol. The molecule has 1 saturated heterocycles. The molecule has 2 N–H and O–H groups in total. The number of carbonyl (C=O) groups excluding carboxylic acids is 1. The first-order valence-corrected chi connectivity index (χ1v) is 6.53. The van der Waals surface area contributed by atoms with Crippen molar-refractivity contribution in [1.29, 1.82) is 0 Å². The molecule has 0 saturated carbocycles. The summed E-state index contributed by atoms with van der Waals surface area (Å²) in [6.45, 7) is -1.85. The number of amides is 1. The van der Waals surface area contributed by atoms with Crippen molar-refractivity contribution in [2.45, 2.75) is 25.5 Å². The lowest BCUT2D eigenvalue weighted by atomic mass is 10.1. The van der Waals surface area contributed by atoms with Gasteiger partial charge in [-0.25, -0.2) is 0 Å². The Balaban J connectivity index is 0.00000180. The highest BCUT2D eigenvalue weighted by Gasteiger charge is 2.26. The van der Waals surface area contributed by atoms with Gasteiger partial charge in [-0.1, -0.05) is 0 Å². The number of alkyl halides is 2. The molecule has 1 amide bonds. The van der Waals surface area contributed by atoms with Crippen LogP contribution in [-0.2, 0) is 0 Å². The highest BCUT2D eigenvalue weighted by Crippen LogP contribution is 2.28. The average molecular weight is 313 g/mol. The maximum atomic E-state index is 12.2. The normalized spacial score (nSPS) is 19.2. The molecule has 1 aliphatic rings. The van der Waals surface area contributed by atoms with Gasteiger partial charge < -0.3 is 15.4 Å². The second-order valence-corrected chi connectivity index (χ2v) is 5.06. The van der Waals surface area contributed by atoms with Gasteiger partial charge >= 0.3 is 6.61 Å². The van der Waals surface area contributed by atoms with E-state index in [1.165, 1.54) is 6.07 Å². The lowest BCUT2D eigenvalue weighted by Crippen LogP contribution is -2.45. The molecule has 0 spiro atoms. The fraction of sp³-hybridized carbons (Fsp3) is 0.545. The molecule has 0 aliphatic carbocycles.